The minimum absolute atomic E-state index is 0. The summed E-state index contributed by atoms with van der Waals surface area (Å²) in [5.41, 5.74) is 1.16. The molecule has 1 rings (SSSR count). The molecule has 1 atom stereocenters. The van der Waals surface area contributed by atoms with Crippen LogP contribution in [0.15, 0.2) is 29.3 Å². The van der Waals surface area contributed by atoms with Crippen LogP contribution in [0.2, 0.25) is 0 Å². The molecule has 0 amide bonds. The smallest absolute Gasteiger partial charge is 0.191 e. The lowest BCUT2D eigenvalue weighted by Gasteiger charge is -2.20. The number of benzene rings is 1. The zero-order valence-corrected chi connectivity index (χ0v) is 16.0. The van der Waals surface area contributed by atoms with E-state index in [0.29, 0.717) is 18.6 Å². The second-order valence-electron chi connectivity index (χ2n) is 5.29. The fourth-order valence-corrected chi connectivity index (χ4v) is 1.63. The molecule has 0 radical (unpaired) electrons. The van der Waals surface area contributed by atoms with Crippen molar-refractivity contribution in [2.45, 2.75) is 33.7 Å². The van der Waals surface area contributed by atoms with Gasteiger partial charge in [-0.3, -0.25) is 4.99 Å². The summed E-state index contributed by atoms with van der Waals surface area (Å²) in [7, 11) is 1.78. The lowest BCUT2D eigenvalue weighted by Crippen LogP contribution is -2.45. The minimum atomic E-state index is 0. The molecule has 0 fully saturated rings. The Labute approximate surface area is 145 Å². The Balaban J connectivity index is 0.00000400. The number of hydrogen-bond donors (Lipinski definition) is 2. The van der Waals surface area contributed by atoms with E-state index in [1.807, 2.05) is 31.2 Å². The van der Waals surface area contributed by atoms with E-state index in [1.54, 1.807) is 7.05 Å². The molecule has 2 N–H and O–H groups in total. The average Bonchev–Trinajstić information content (AvgIpc) is 2.43. The highest BCUT2D eigenvalue weighted by Gasteiger charge is 2.08. The number of para-hydroxylation sites is 1. The maximum Gasteiger partial charge on any atom is 0.191 e. The van der Waals surface area contributed by atoms with Crippen molar-refractivity contribution in [2.24, 2.45) is 10.9 Å². The van der Waals surface area contributed by atoms with Crippen LogP contribution in [0.3, 0.4) is 0 Å². The third-order valence-electron chi connectivity index (χ3n) is 3.33. The van der Waals surface area contributed by atoms with Gasteiger partial charge in [0.1, 0.15) is 12.4 Å². The Bertz CT molecular complexity index is 435. The number of hydrogen-bond acceptors (Lipinski definition) is 2. The highest BCUT2D eigenvalue weighted by atomic mass is 127. The molecular weight excluding hydrogens is 377 g/mol. The molecule has 0 heterocycles. The van der Waals surface area contributed by atoms with Gasteiger partial charge in [-0.1, -0.05) is 32.0 Å². The van der Waals surface area contributed by atoms with Crippen LogP contribution in [0.4, 0.5) is 0 Å². The maximum absolute atomic E-state index is 5.74. The van der Waals surface area contributed by atoms with Crippen molar-refractivity contribution in [1.29, 1.82) is 0 Å². The standard InChI is InChI=1S/C16H27N3O.HI/c1-12(2)14(4)19-16(17-5)18-10-11-20-15-9-7-6-8-13(15)3;/h6-9,12,14H,10-11H2,1-5H3,(H2,17,18,19);1H. The predicted octanol–water partition coefficient (Wildman–Crippen LogP) is 3.20. The third kappa shape index (κ3) is 7.55. The summed E-state index contributed by atoms with van der Waals surface area (Å²) >= 11 is 0. The molecule has 21 heavy (non-hydrogen) atoms. The molecule has 1 unspecified atom stereocenters. The normalized spacial score (nSPS) is 12.6. The molecule has 0 saturated heterocycles. The number of rotatable bonds is 6. The molecule has 0 aliphatic carbocycles. The van der Waals surface area contributed by atoms with Crippen molar-refractivity contribution >= 4 is 29.9 Å². The van der Waals surface area contributed by atoms with Crippen LogP contribution in [0.25, 0.3) is 0 Å². The summed E-state index contributed by atoms with van der Waals surface area (Å²) in [4.78, 5) is 4.21. The molecule has 0 saturated carbocycles. The van der Waals surface area contributed by atoms with Gasteiger partial charge in [0.25, 0.3) is 0 Å². The van der Waals surface area contributed by atoms with E-state index in [-0.39, 0.29) is 24.0 Å². The fourth-order valence-electron chi connectivity index (χ4n) is 1.63. The zero-order chi connectivity index (χ0) is 15.0. The lowest BCUT2D eigenvalue weighted by molar-refractivity contribution is 0.319. The maximum atomic E-state index is 5.74. The first kappa shape index (κ1) is 20.0. The first-order valence-electron chi connectivity index (χ1n) is 7.20. The summed E-state index contributed by atoms with van der Waals surface area (Å²) in [6, 6.07) is 8.43. The van der Waals surface area contributed by atoms with E-state index in [2.05, 4.69) is 36.4 Å². The van der Waals surface area contributed by atoms with E-state index in [1.165, 1.54) is 0 Å². The van der Waals surface area contributed by atoms with Crippen molar-refractivity contribution in [3.63, 3.8) is 0 Å². The highest BCUT2D eigenvalue weighted by molar-refractivity contribution is 14.0. The van der Waals surface area contributed by atoms with Crippen molar-refractivity contribution in [3.05, 3.63) is 29.8 Å². The van der Waals surface area contributed by atoms with Gasteiger partial charge >= 0.3 is 0 Å². The molecule has 5 heteroatoms. The van der Waals surface area contributed by atoms with Crippen LogP contribution < -0.4 is 15.4 Å². The van der Waals surface area contributed by atoms with E-state index in [4.69, 9.17) is 4.74 Å². The van der Waals surface area contributed by atoms with Crippen LogP contribution >= 0.6 is 24.0 Å². The number of nitrogens with zero attached hydrogens (tertiary/aromatic N) is 1. The van der Waals surface area contributed by atoms with Gasteiger partial charge in [0.15, 0.2) is 5.96 Å². The first-order valence-corrected chi connectivity index (χ1v) is 7.20. The second kappa shape index (κ2) is 10.7. The van der Waals surface area contributed by atoms with Crippen LogP contribution in [-0.2, 0) is 0 Å². The summed E-state index contributed by atoms with van der Waals surface area (Å²) in [5, 5.41) is 6.62. The average molecular weight is 405 g/mol. The van der Waals surface area contributed by atoms with E-state index >= 15 is 0 Å². The minimum Gasteiger partial charge on any atom is -0.491 e. The fraction of sp³-hybridized carbons (Fsp3) is 0.562. The van der Waals surface area contributed by atoms with Crippen molar-refractivity contribution < 1.29 is 4.74 Å². The van der Waals surface area contributed by atoms with Crippen LogP contribution in [0.1, 0.15) is 26.3 Å². The van der Waals surface area contributed by atoms with Crippen molar-refractivity contribution in [2.75, 3.05) is 20.2 Å². The first-order chi connectivity index (χ1) is 9.54. The Morgan fingerprint density at radius 3 is 2.48 bits per heavy atom. The van der Waals surface area contributed by atoms with Crippen LogP contribution in [-0.4, -0.2) is 32.2 Å². The topological polar surface area (TPSA) is 45.7 Å². The predicted molar refractivity (Wildman–Crippen MR) is 101 cm³/mol. The zero-order valence-electron chi connectivity index (χ0n) is 13.6. The molecule has 0 bridgehead atoms. The number of aryl methyl sites for hydroxylation is 1. The molecule has 1 aromatic rings. The van der Waals surface area contributed by atoms with Crippen LogP contribution in [0, 0.1) is 12.8 Å². The number of halogens is 1. The van der Waals surface area contributed by atoms with Gasteiger partial charge in [0.2, 0.25) is 0 Å². The van der Waals surface area contributed by atoms with Crippen molar-refractivity contribution in [3.8, 4) is 5.75 Å². The molecule has 0 spiro atoms. The number of ether oxygens (including phenoxy) is 1. The quantitative estimate of drug-likeness (QED) is 0.331. The molecule has 0 aliphatic rings. The molecule has 0 aliphatic heterocycles. The Morgan fingerprint density at radius 2 is 1.90 bits per heavy atom. The van der Waals surface area contributed by atoms with Crippen LogP contribution in [0.5, 0.6) is 5.75 Å². The number of nitrogens with one attached hydrogen (secondary N) is 2. The number of aliphatic imine (C=N–C) groups is 1. The molecular formula is C16H28IN3O. The van der Waals surface area contributed by atoms with Gasteiger partial charge in [-0.15, -0.1) is 24.0 Å². The highest BCUT2D eigenvalue weighted by Crippen LogP contribution is 2.15. The Hall–Kier alpha value is -0.980. The van der Waals surface area contributed by atoms with E-state index in [0.717, 1.165) is 23.8 Å². The summed E-state index contributed by atoms with van der Waals surface area (Å²) < 4.78 is 5.74. The molecule has 120 valence electrons. The molecule has 1 aromatic carbocycles. The summed E-state index contributed by atoms with van der Waals surface area (Å²) in [6.45, 7) is 9.91. The van der Waals surface area contributed by atoms with Gasteiger partial charge in [-0.05, 0) is 31.4 Å². The third-order valence-corrected chi connectivity index (χ3v) is 3.33. The van der Waals surface area contributed by atoms with E-state index in [9.17, 15) is 0 Å². The van der Waals surface area contributed by atoms with Gasteiger partial charge < -0.3 is 15.4 Å². The van der Waals surface area contributed by atoms with Gasteiger partial charge in [-0.25, -0.2) is 0 Å². The number of guanidine groups is 1. The molecule has 4 nitrogen and oxygen atoms in total. The second-order valence-corrected chi connectivity index (χ2v) is 5.29. The van der Waals surface area contributed by atoms with E-state index < -0.39 is 0 Å². The molecule has 0 aromatic heterocycles. The van der Waals surface area contributed by atoms with Crippen molar-refractivity contribution in [1.82, 2.24) is 10.6 Å². The largest absolute Gasteiger partial charge is 0.491 e. The Morgan fingerprint density at radius 1 is 1.24 bits per heavy atom. The lowest BCUT2D eigenvalue weighted by atomic mass is 10.1. The monoisotopic (exact) mass is 405 g/mol. The SMILES string of the molecule is CN=C(NCCOc1ccccc1C)NC(C)C(C)C.I. The van der Waals surface area contributed by atoms with Gasteiger partial charge in [-0.2, -0.15) is 0 Å². The summed E-state index contributed by atoms with van der Waals surface area (Å²) in [5.74, 6) is 2.32. The summed E-state index contributed by atoms with van der Waals surface area (Å²) in [6.07, 6.45) is 0. The van der Waals surface area contributed by atoms with Gasteiger partial charge in [0.05, 0.1) is 6.54 Å². The Kier molecular flexibility index (Phi) is 10.2. The van der Waals surface area contributed by atoms with Gasteiger partial charge in [0, 0.05) is 13.1 Å².